The molecule has 1 aliphatic heterocycles. The first kappa shape index (κ1) is 15.8. The van der Waals surface area contributed by atoms with Crippen molar-refractivity contribution in [3.63, 3.8) is 0 Å². The number of aromatic hydroxyl groups is 1. The van der Waals surface area contributed by atoms with E-state index in [1.807, 2.05) is 6.07 Å². The number of amidine groups is 1. The van der Waals surface area contributed by atoms with Gasteiger partial charge in [0, 0.05) is 12.4 Å². The van der Waals surface area contributed by atoms with Gasteiger partial charge in [0.1, 0.15) is 11.3 Å². The van der Waals surface area contributed by atoms with Crippen LogP contribution >= 0.6 is 11.8 Å². The molecule has 0 radical (unpaired) electrons. The summed E-state index contributed by atoms with van der Waals surface area (Å²) in [5.41, 5.74) is 0.849. The number of thioether (sulfide) groups is 1. The van der Waals surface area contributed by atoms with Gasteiger partial charge in [0.2, 0.25) is 0 Å². The molecule has 24 heavy (non-hydrogen) atoms. The second kappa shape index (κ2) is 6.55. The van der Waals surface area contributed by atoms with Gasteiger partial charge in [-0.15, -0.1) is 0 Å². The van der Waals surface area contributed by atoms with E-state index in [9.17, 15) is 14.7 Å². The Morgan fingerprint density at radius 3 is 2.88 bits per heavy atom. The van der Waals surface area contributed by atoms with Crippen molar-refractivity contribution in [1.82, 2.24) is 10.3 Å². The molecule has 8 heteroatoms. The number of rotatable bonds is 3. The summed E-state index contributed by atoms with van der Waals surface area (Å²) in [6.07, 6.45) is 4.96. The molecule has 3 rings (SSSR count). The number of aliphatic imine (C=N–C) groups is 1. The lowest BCUT2D eigenvalue weighted by Crippen LogP contribution is -2.19. The molecule has 2 aromatic rings. The smallest absolute Gasteiger partial charge is 0.339 e. The molecule has 2 heterocycles. The summed E-state index contributed by atoms with van der Waals surface area (Å²) in [6.45, 7) is 0. The molecule has 0 atom stereocenters. The molecule has 1 aliphatic rings. The van der Waals surface area contributed by atoms with Crippen molar-refractivity contribution in [2.75, 3.05) is 0 Å². The van der Waals surface area contributed by atoms with Crippen molar-refractivity contribution in [2.24, 2.45) is 4.99 Å². The number of carbonyl (C=O) groups excluding carboxylic acids is 1. The Balaban J connectivity index is 1.86. The average Bonchev–Trinajstić information content (AvgIpc) is 2.89. The third-order valence-electron chi connectivity index (χ3n) is 3.07. The maximum atomic E-state index is 12.0. The van der Waals surface area contributed by atoms with Gasteiger partial charge in [-0.1, -0.05) is 6.07 Å². The summed E-state index contributed by atoms with van der Waals surface area (Å²) in [5.74, 6) is -1.89. The topological polar surface area (TPSA) is 112 Å². The number of hydrogen-bond acceptors (Lipinski definition) is 6. The number of hydrogen-bond donors (Lipinski definition) is 3. The van der Waals surface area contributed by atoms with Gasteiger partial charge in [-0.05, 0) is 47.7 Å². The highest BCUT2D eigenvalue weighted by Crippen LogP contribution is 2.29. The number of aromatic nitrogens is 1. The molecule has 0 saturated carbocycles. The molecule has 1 aromatic carbocycles. The fraction of sp³-hybridized carbons (Fsp3) is 0. The van der Waals surface area contributed by atoms with Crippen LogP contribution in [-0.4, -0.2) is 32.2 Å². The van der Waals surface area contributed by atoms with E-state index in [1.54, 1.807) is 24.5 Å². The minimum Gasteiger partial charge on any atom is -0.507 e. The van der Waals surface area contributed by atoms with Crippen molar-refractivity contribution in [3.05, 3.63) is 58.8 Å². The molecule has 0 bridgehead atoms. The van der Waals surface area contributed by atoms with E-state index >= 15 is 0 Å². The number of carbonyl (C=O) groups is 2. The molecule has 1 fully saturated rings. The van der Waals surface area contributed by atoms with Gasteiger partial charge >= 0.3 is 5.97 Å². The molecule has 1 aromatic heterocycles. The van der Waals surface area contributed by atoms with E-state index in [4.69, 9.17) is 5.11 Å². The molecule has 0 spiro atoms. The molecule has 0 unspecified atom stereocenters. The SMILES string of the molecule is O=C1NC(=Nc2ccc(O)c(C(=O)O)c2)S/C1=C\c1cccnc1. The van der Waals surface area contributed by atoms with Crippen LogP contribution in [0.4, 0.5) is 5.69 Å². The van der Waals surface area contributed by atoms with E-state index in [2.05, 4.69) is 15.3 Å². The van der Waals surface area contributed by atoms with Crippen molar-refractivity contribution in [1.29, 1.82) is 0 Å². The van der Waals surface area contributed by atoms with Gasteiger partial charge in [0.05, 0.1) is 10.6 Å². The third-order valence-corrected chi connectivity index (χ3v) is 3.98. The zero-order chi connectivity index (χ0) is 17.1. The van der Waals surface area contributed by atoms with Crippen LogP contribution in [-0.2, 0) is 4.79 Å². The van der Waals surface area contributed by atoms with Crippen molar-refractivity contribution in [2.45, 2.75) is 0 Å². The van der Waals surface area contributed by atoms with E-state index in [1.165, 1.54) is 18.2 Å². The zero-order valence-electron chi connectivity index (χ0n) is 12.1. The fourth-order valence-corrected chi connectivity index (χ4v) is 2.82. The maximum Gasteiger partial charge on any atom is 0.339 e. The van der Waals surface area contributed by atoms with Gasteiger partial charge in [-0.2, -0.15) is 0 Å². The van der Waals surface area contributed by atoms with Crippen LogP contribution in [0.5, 0.6) is 5.75 Å². The highest BCUT2D eigenvalue weighted by Gasteiger charge is 2.24. The van der Waals surface area contributed by atoms with E-state index in [-0.39, 0.29) is 17.2 Å². The number of nitrogens with one attached hydrogen (secondary N) is 1. The van der Waals surface area contributed by atoms with Crippen LogP contribution in [0.15, 0.2) is 52.6 Å². The summed E-state index contributed by atoms with van der Waals surface area (Å²) in [7, 11) is 0. The number of carboxylic acids is 1. The van der Waals surface area contributed by atoms with Crippen LogP contribution in [0.25, 0.3) is 6.08 Å². The largest absolute Gasteiger partial charge is 0.507 e. The van der Waals surface area contributed by atoms with Crippen LogP contribution in [0, 0.1) is 0 Å². The predicted molar refractivity (Wildman–Crippen MR) is 90.1 cm³/mol. The number of amides is 1. The standard InChI is InChI=1S/C16H11N3O4S/c20-12-4-3-10(7-11(12)15(22)23)18-16-19-14(21)13(24-16)6-9-2-1-5-17-8-9/h1-8,20H,(H,22,23)(H,18,19,21)/b13-6-. The lowest BCUT2D eigenvalue weighted by atomic mass is 10.2. The summed E-state index contributed by atoms with van der Waals surface area (Å²) in [6, 6.07) is 7.53. The summed E-state index contributed by atoms with van der Waals surface area (Å²) < 4.78 is 0. The van der Waals surface area contributed by atoms with Gasteiger partial charge < -0.3 is 15.5 Å². The number of nitrogens with zero attached hydrogens (tertiary/aromatic N) is 2. The maximum absolute atomic E-state index is 12.0. The number of benzene rings is 1. The zero-order valence-corrected chi connectivity index (χ0v) is 12.9. The Hall–Kier alpha value is -3.13. The normalized spacial score (nSPS) is 17.2. The first-order valence-electron chi connectivity index (χ1n) is 6.79. The van der Waals surface area contributed by atoms with Crippen LogP contribution < -0.4 is 5.32 Å². The number of aromatic carboxylic acids is 1. The second-order valence-corrected chi connectivity index (χ2v) is 5.81. The monoisotopic (exact) mass is 341 g/mol. The molecular formula is C16H11N3O4S. The van der Waals surface area contributed by atoms with E-state index in [0.29, 0.717) is 15.8 Å². The molecule has 0 aliphatic carbocycles. The number of phenols is 1. The molecule has 3 N–H and O–H groups in total. The minimum absolute atomic E-state index is 0.253. The van der Waals surface area contributed by atoms with E-state index in [0.717, 1.165) is 17.3 Å². The highest BCUT2D eigenvalue weighted by molar-refractivity contribution is 8.18. The lowest BCUT2D eigenvalue weighted by Gasteiger charge is -2.01. The van der Waals surface area contributed by atoms with Gasteiger partial charge in [0.25, 0.3) is 5.91 Å². The second-order valence-electron chi connectivity index (χ2n) is 4.77. The van der Waals surface area contributed by atoms with Crippen LogP contribution in [0.3, 0.4) is 0 Å². The van der Waals surface area contributed by atoms with Gasteiger partial charge in [0.15, 0.2) is 5.17 Å². The Kier molecular flexibility index (Phi) is 4.30. The summed E-state index contributed by atoms with van der Waals surface area (Å²) in [5, 5.41) is 21.4. The van der Waals surface area contributed by atoms with Crippen LogP contribution in [0.1, 0.15) is 15.9 Å². The highest BCUT2D eigenvalue weighted by atomic mass is 32.2. The van der Waals surface area contributed by atoms with Crippen molar-refractivity contribution >= 4 is 40.6 Å². The Labute approximate surface area is 140 Å². The number of carboxylic acid groups (broad SMARTS) is 1. The molecule has 120 valence electrons. The Morgan fingerprint density at radius 1 is 1.33 bits per heavy atom. The van der Waals surface area contributed by atoms with Crippen molar-refractivity contribution < 1.29 is 19.8 Å². The fourth-order valence-electron chi connectivity index (χ4n) is 1.98. The third kappa shape index (κ3) is 3.44. The first-order chi connectivity index (χ1) is 11.5. The van der Waals surface area contributed by atoms with Gasteiger partial charge in [-0.3, -0.25) is 9.78 Å². The lowest BCUT2D eigenvalue weighted by molar-refractivity contribution is -0.115. The summed E-state index contributed by atoms with van der Waals surface area (Å²) in [4.78, 5) is 31.6. The number of pyridine rings is 1. The average molecular weight is 341 g/mol. The molecule has 1 saturated heterocycles. The minimum atomic E-state index is -1.25. The predicted octanol–water partition coefficient (Wildman–Crippen LogP) is 2.38. The van der Waals surface area contributed by atoms with Crippen LogP contribution in [0.2, 0.25) is 0 Å². The molecule has 1 amide bonds. The van der Waals surface area contributed by atoms with Crippen molar-refractivity contribution in [3.8, 4) is 5.75 Å². The Morgan fingerprint density at radius 2 is 2.17 bits per heavy atom. The first-order valence-corrected chi connectivity index (χ1v) is 7.60. The van der Waals surface area contributed by atoms with Gasteiger partial charge in [-0.25, -0.2) is 9.79 Å². The molecular weight excluding hydrogens is 330 g/mol. The summed E-state index contributed by atoms with van der Waals surface area (Å²) >= 11 is 1.14. The quantitative estimate of drug-likeness (QED) is 0.739. The van der Waals surface area contributed by atoms with E-state index < -0.39 is 5.97 Å². The molecule has 7 nitrogen and oxygen atoms in total. The Bertz CT molecular complexity index is 878.